The molecule has 0 aliphatic heterocycles. The summed E-state index contributed by atoms with van der Waals surface area (Å²) in [6.45, 7) is 3.99. The van der Waals surface area contributed by atoms with E-state index in [0.717, 1.165) is 31.6 Å². The van der Waals surface area contributed by atoms with E-state index in [0.29, 0.717) is 0 Å². The summed E-state index contributed by atoms with van der Waals surface area (Å²) >= 11 is 0. The Morgan fingerprint density at radius 3 is 2.73 bits per heavy atom. The molecule has 0 unspecified atom stereocenters. The molecule has 1 aromatic rings. The average Bonchev–Trinajstić information content (AvgIpc) is 2.24. The highest BCUT2D eigenvalue weighted by Crippen LogP contribution is 2.15. The van der Waals surface area contributed by atoms with Crippen LogP contribution in [0, 0.1) is 5.82 Å². The molecule has 2 nitrogen and oxygen atoms in total. The number of halogens is 1. The molecule has 0 saturated heterocycles. The number of unbranched alkanes of at least 4 members (excludes halogenated alkanes) is 1. The highest BCUT2D eigenvalue weighted by molar-refractivity contribution is 5.46. The number of hydrogen-bond acceptors (Lipinski definition) is 2. The third kappa shape index (κ3) is 3.88. The van der Waals surface area contributed by atoms with Crippen molar-refractivity contribution < 1.29 is 9.50 Å². The topological polar surface area (TPSA) is 23.5 Å². The maximum Gasteiger partial charge on any atom is 0.125 e. The fourth-order valence-corrected chi connectivity index (χ4v) is 1.56. The first-order valence-corrected chi connectivity index (χ1v) is 5.39. The molecule has 0 aliphatic rings. The molecule has 0 saturated carbocycles. The summed E-state index contributed by atoms with van der Waals surface area (Å²) in [7, 11) is 0. The predicted molar refractivity (Wildman–Crippen MR) is 60.6 cm³/mol. The summed E-state index contributed by atoms with van der Waals surface area (Å²) < 4.78 is 13.0. The lowest BCUT2D eigenvalue weighted by Gasteiger charge is -2.22. The van der Waals surface area contributed by atoms with Crippen LogP contribution in [0.3, 0.4) is 0 Å². The Bertz CT molecular complexity index is 291. The van der Waals surface area contributed by atoms with Crippen molar-refractivity contribution in [1.29, 1.82) is 0 Å². The minimum absolute atomic E-state index is 0.201. The molecule has 0 spiro atoms. The number of nitrogens with zero attached hydrogens (tertiary/aromatic N) is 1. The molecule has 3 heteroatoms. The van der Waals surface area contributed by atoms with Gasteiger partial charge in [-0.25, -0.2) is 4.39 Å². The van der Waals surface area contributed by atoms with Crippen molar-refractivity contribution in [1.82, 2.24) is 0 Å². The van der Waals surface area contributed by atoms with Gasteiger partial charge in [-0.2, -0.15) is 0 Å². The second-order valence-corrected chi connectivity index (χ2v) is 3.49. The molecule has 0 aliphatic carbocycles. The van der Waals surface area contributed by atoms with Crippen molar-refractivity contribution in [3.8, 4) is 0 Å². The van der Waals surface area contributed by atoms with E-state index in [1.165, 1.54) is 6.07 Å². The fourth-order valence-electron chi connectivity index (χ4n) is 1.56. The Kier molecular flexibility index (Phi) is 5.12. The molecule has 0 heterocycles. The minimum atomic E-state index is -0.201. The fraction of sp³-hybridized carbons (Fsp3) is 0.500. The van der Waals surface area contributed by atoms with Crippen LogP contribution in [-0.2, 0) is 0 Å². The Labute approximate surface area is 90.3 Å². The molecule has 84 valence electrons. The van der Waals surface area contributed by atoms with Crippen LogP contribution in [-0.4, -0.2) is 24.8 Å². The summed E-state index contributed by atoms with van der Waals surface area (Å²) in [5.41, 5.74) is 0.912. The van der Waals surface area contributed by atoms with E-state index in [1.807, 2.05) is 13.0 Å². The van der Waals surface area contributed by atoms with E-state index < -0.39 is 0 Å². The van der Waals surface area contributed by atoms with E-state index in [9.17, 15) is 4.39 Å². The predicted octanol–water partition coefficient (Wildman–Crippen LogP) is 2.42. The van der Waals surface area contributed by atoms with Crippen LogP contribution in [0.1, 0.15) is 19.8 Å². The van der Waals surface area contributed by atoms with Crippen molar-refractivity contribution in [3.63, 3.8) is 0 Å². The zero-order chi connectivity index (χ0) is 11.1. The van der Waals surface area contributed by atoms with Gasteiger partial charge >= 0.3 is 0 Å². The molecular weight excluding hydrogens is 193 g/mol. The molecule has 15 heavy (non-hydrogen) atoms. The zero-order valence-electron chi connectivity index (χ0n) is 9.12. The quantitative estimate of drug-likeness (QED) is 0.730. The standard InChI is InChI=1S/C12H18FNO/c1-2-14(8-3-4-9-15)12-7-5-6-11(13)10-12/h5-7,10,15H,2-4,8-9H2,1H3. The number of aliphatic hydroxyl groups excluding tert-OH is 1. The number of rotatable bonds is 6. The highest BCUT2D eigenvalue weighted by atomic mass is 19.1. The molecule has 0 aromatic heterocycles. The maximum absolute atomic E-state index is 13.0. The summed E-state index contributed by atoms with van der Waals surface area (Å²) in [6, 6.07) is 6.62. The van der Waals surface area contributed by atoms with Gasteiger partial charge in [-0.15, -0.1) is 0 Å². The van der Waals surface area contributed by atoms with E-state index in [1.54, 1.807) is 12.1 Å². The van der Waals surface area contributed by atoms with Crippen molar-refractivity contribution in [3.05, 3.63) is 30.1 Å². The van der Waals surface area contributed by atoms with Gasteiger partial charge in [0.1, 0.15) is 5.82 Å². The van der Waals surface area contributed by atoms with Gasteiger partial charge < -0.3 is 10.0 Å². The number of aliphatic hydroxyl groups is 1. The zero-order valence-corrected chi connectivity index (χ0v) is 9.12. The van der Waals surface area contributed by atoms with Gasteiger partial charge in [-0.3, -0.25) is 0 Å². The second-order valence-electron chi connectivity index (χ2n) is 3.49. The number of anilines is 1. The molecule has 0 radical (unpaired) electrons. The largest absolute Gasteiger partial charge is 0.396 e. The molecular formula is C12H18FNO. The first-order valence-electron chi connectivity index (χ1n) is 5.39. The molecule has 0 atom stereocenters. The Morgan fingerprint density at radius 1 is 1.33 bits per heavy atom. The number of benzene rings is 1. The van der Waals surface area contributed by atoms with Crippen LogP contribution in [0.5, 0.6) is 0 Å². The third-order valence-electron chi connectivity index (χ3n) is 2.39. The summed E-state index contributed by atoms with van der Waals surface area (Å²) in [5, 5.41) is 8.69. The van der Waals surface area contributed by atoms with Crippen LogP contribution in [0.25, 0.3) is 0 Å². The first-order chi connectivity index (χ1) is 7.27. The lowest BCUT2D eigenvalue weighted by atomic mass is 10.2. The molecule has 0 amide bonds. The summed E-state index contributed by atoms with van der Waals surface area (Å²) in [5.74, 6) is -0.201. The first kappa shape index (κ1) is 12.0. The van der Waals surface area contributed by atoms with Crippen LogP contribution in [0.15, 0.2) is 24.3 Å². The Hall–Kier alpha value is -1.09. The molecule has 1 N–H and O–H groups in total. The van der Waals surface area contributed by atoms with Crippen molar-refractivity contribution in [2.24, 2.45) is 0 Å². The summed E-state index contributed by atoms with van der Waals surface area (Å²) in [4.78, 5) is 2.11. The molecule has 0 fully saturated rings. The van der Waals surface area contributed by atoms with E-state index in [-0.39, 0.29) is 12.4 Å². The van der Waals surface area contributed by atoms with Crippen LogP contribution >= 0.6 is 0 Å². The smallest absolute Gasteiger partial charge is 0.125 e. The molecule has 1 aromatic carbocycles. The summed E-state index contributed by atoms with van der Waals surface area (Å²) in [6.07, 6.45) is 1.73. The lowest BCUT2D eigenvalue weighted by molar-refractivity contribution is 0.285. The van der Waals surface area contributed by atoms with Crippen molar-refractivity contribution >= 4 is 5.69 Å². The van der Waals surface area contributed by atoms with E-state index in [4.69, 9.17) is 5.11 Å². The highest BCUT2D eigenvalue weighted by Gasteiger charge is 2.04. The lowest BCUT2D eigenvalue weighted by Crippen LogP contribution is -2.24. The van der Waals surface area contributed by atoms with Crippen molar-refractivity contribution in [2.45, 2.75) is 19.8 Å². The molecule has 0 bridgehead atoms. The SMILES string of the molecule is CCN(CCCCO)c1cccc(F)c1. The van der Waals surface area contributed by atoms with E-state index >= 15 is 0 Å². The van der Waals surface area contributed by atoms with Gasteiger partial charge in [0, 0.05) is 25.4 Å². The van der Waals surface area contributed by atoms with Crippen LogP contribution < -0.4 is 4.90 Å². The third-order valence-corrected chi connectivity index (χ3v) is 2.39. The molecule has 1 rings (SSSR count). The van der Waals surface area contributed by atoms with Gasteiger partial charge in [0.25, 0.3) is 0 Å². The number of hydrogen-bond donors (Lipinski definition) is 1. The minimum Gasteiger partial charge on any atom is -0.396 e. The second kappa shape index (κ2) is 6.40. The Morgan fingerprint density at radius 2 is 2.13 bits per heavy atom. The van der Waals surface area contributed by atoms with E-state index in [2.05, 4.69) is 4.90 Å². The van der Waals surface area contributed by atoms with Gasteiger partial charge in [-0.05, 0) is 38.0 Å². The van der Waals surface area contributed by atoms with Crippen LogP contribution in [0.2, 0.25) is 0 Å². The van der Waals surface area contributed by atoms with Gasteiger partial charge in [-0.1, -0.05) is 6.07 Å². The maximum atomic E-state index is 13.0. The average molecular weight is 211 g/mol. The Balaban J connectivity index is 2.57. The normalized spacial score (nSPS) is 10.3. The monoisotopic (exact) mass is 211 g/mol. The van der Waals surface area contributed by atoms with Gasteiger partial charge in [0.05, 0.1) is 0 Å². The van der Waals surface area contributed by atoms with Gasteiger partial charge in [0.15, 0.2) is 0 Å². The van der Waals surface area contributed by atoms with Gasteiger partial charge in [0.2, 0.25) is 0 Å². The van der Waals surface area contributed by atoms with Crippen LogP contribution in [0.4, 0.5) is 10.1 Å². The van der Waals surface area contributed by atoms with Crippen molar-refractivity contribution in [2.75, 3.05) is 24.6 Å².